The highest BCUT2D eigenvalue weighted by Gasteiger charge is 2.29. The van der Waals surface area contributed by atoms with Crippen molar-refractivity contribution in [2.75, 3.05) is 12.3 Å². The van der Waals surface area contributed by atoms with Crippen molar-refractivity contribution in [2.45, 2.75) is 71.9 Å². The van der Waals surface area contributed by atoms with Gasteiger partial charge in [0.05, 0.1) is 5.75 Å². The third kappa shape index (κ3) is 8.60. The quantitative estimate of drug-likeness (QED) is 0.674. The number of nitrogens with one attached hydrogen (secondary N) is 2. The molecule has 1 rings (SSSR count). The maximum atomic E-state index is 12.1. The van der Waals surface area contributed by atoms with E-state index in [1.165, 1.54) is 12.8 Å². The van der Waals surface area contributed by atoms with Crippen molar-refractivity contribution >= 4 is 10.0 Å². The van der Waals surface area contributed by atoms with Gasteiger partial charge in [-0.1, -0.05) is 20.8 Å². The molecule has 0 unspecified atom stereocenters. The molecule has 0 bridgehead atoms. The summed E-state index contributed by atoms with van der Waals surface area (Å²) in [6.07, 6.45) is 3.98. The van der Waals surface area contributed by atoms with Gasteiger partial charge < -0.3 is 5.32 Å². The second kappa shape index (κ2) is 6.10. The molecule has 0 heterocycles. The summed E-state index contributed by atoms with van der Waals surface area (Å²) in [4.78, 5) is 0. The molecule has 114 valence electrons. The molecule has 1 aliphatic carbocycles. The van der Waals surface area contributed by atoms with Gasteiger partial charge in [0.2, 0.25) is 10.0 Å². The predicted octanol–water partition coefficient (Wildman–Crippen LogP) is 2.26. The smallest absolute Gasteiger partial charge is 0.212 e. The number of hydrogen-bond acceptors (Lipinski definition) is 3. The Kier molecular flexibility index (Phi) is 5.43. The topological polar surface area (TPSA) is 58.2 Å². The molecule has 0 amide bonds. The number of hydrogen-bond donors (Lipinski definition) is 2. The van der Waals surface area contributed by atoms with Crippen molar-refractivity contribution in [1.29, 1.82) is 0 Å². The molecule has 0 atom stereocenters. The predicted molar refractivity (Wildman–Crippen MR) is 80.7 cm³/mol. The van der Waals surface area contributed by atoms with Crippen LogP contribution >= 0.6 is 0 Å². The normalized spacial score (nSPS) is 17.7. The standard InChI is InChI=1S/C14H30N2O2S/c1-13(2,3)11-14(4,5)16-19(17,18)10-6-9-15-12-7-8-12/h12,15-16H,6-11H2,1-5H3. The van der Waals surface area contributed by atoms with E-state index in [1.54, 1.807) is 0 Å². The Morgan fingerprint density at radius 2 is 1.68 bits per heavy atom. The SMILES string of the molecule is CC(C)(C)CC(C)(C)NS(=O)(=O)CCCNC1CC1. The van der Waals surface area contributed by atoms with E-state index < -0.39 is 10.0 Å². The van der Waals surface area contributed by atoms with Gasteiger partial charge in [0, 0.05) is 11.6 Å². The Bertz CT molecular complexity index is 379. The lowest BCUT2D eigenvalue weighted by molar-refractivity contribution is 0.269. The minimum Gasteiger partial charge on any atom is -0.314 e. The monoisotopic (exact) mass is 290 g/mol. The first kappa shape index (κ1) is 16.9. The van der Waals surface area contributed by atoms with Crippen LogP contribution in [0.1, 0.15) is 60.3 Å². The van der Waals surface area contributed by atoms with E-state index in [0.717, 1.165) is 13.0 Å². The van der Waals surface area contributed by atoms with Gasteiger partial charge in [-0.25, -0.2) is 13.1 Å². The lowest BCUT2D eigenvalue weighted by atomic mass is 9.82. The fourth-order valence-electron chi connectivity index (χ4n) is 2.69. The molecule has 0 radical (unpaired) electrons. The molecule has 0 saturated heterocycles. The van der Waals surface area contributed by atoms with E-state index >= 15 is 0 Å². The maximum Gasteiger partial charge on any atom is 0.212 e. The van der Waals surface area contributed by atoms with Crippen LogP contribution in [0, 0.1) is 5.41 Å². The lowest BCUT2D eigenvalue weighted by Gasteiger charge is -2.33. The summed E-state index contributed by atoms with van der Waals surface area (Å²) < 4.78 is 26.9. The van der Waals surface area contributed by atoms with Crippen LogP contribution in [0.4, 0.5) is 0 Å². The van der Waals surface area contributed by atoms with Gasteiger partial charge in [0.1, 0.15) is 0 Å². The molecule has 0 aromatic heterocycles. The zero-order chi connectivity index (χ0) is 14.7. The van der Waals surface area contributed by atoms with Gasteiger partial charge in [-0.2, -0.15) is 0 Å². The van der Waals surface area contributed by atoms with E-state index in [-0.39, 0.29) is 16.7 Å². The molecule has 19 heavy (non-hydrogen) atoms. The van der Waals surface area contributed by atoms with Gasteiger partial charge in [0.25, 0.3) is 0 Å². The summed E-state index contributed by atoms with van der Waals surface area (Å²) in [6, 6.07) is 0.646. The molecule has 0 spiro atoms. The fraction of sp³-hybridized carbons (Fsp3) is 1.00. The minimum atomic E-state index is -3.18. The minimum absolute atomic E-state index is 0.111. The van der Waals surface area contributed by atoms with E-state index in [2.05, 4.69) is 30.8 Å². The Labute approximate surface area is 118 Å². The van der Waals surface area contributed by atoms with Crippen LogP contribution in [0.25, 0.3) is 0 Å². The number of rotatable bonds is 8. The Balaban J connectivity index is 2.34. The molecule has 1 saturated carbocycles. The Morgan fingerprint density at radius 3 is 2.16 bits per heavy atom. The molecular formula is C14H30N2O2S. The third-order valence-corrected chi connectivity index (χ3v) is 4.69. The van der Waals surface area contributed by atoms with Crippen LogP contribution in [-0.2, 0) is 10.0 Å². The van der Waals surface area contributed by atoms with Crippen molar-refractivity contribution in [3.8, 4) is 0 Å². The summed E-state index contributed by atoms with van der Waals surface area (Å²) in [5.41, 5.74) is -0.277. The van der Waals surface area contributed by atoms with Crippen molar-refractivity contribution in [3.05, 3.63) is 0 Å². The molecule has 1 fully saturated rings. The van der Waals surface area contributed by atoms with Crippen LogP contribution in [0.15, 0.2) is 0 Å². The zero-order valence-corrected chi connectivity index (χ0v) is 13.9. The first-order chi connectivity index (χ1) is 8.49. The summed E-state index contributed by atoms with van der Waals surface area (Å²) in [5, 5.41) is 3.34. The van der Waals surface area contributed by atoms with Gasteiger partial charge in [-0.15, -0.1) is 0 Å². The van der Waals surface area contributed by atoms with Crippen LogP contribution in [0.2, 0.25) is 0 Å². The molecule has 0 aromatic rings. The second-order valence-electron chi connectivity index (χ2n) is 7.62. The molecular weight excluding hydrogens is 260 g/mol. The highest BCUT2D eigenvalue weighted by atomic mass is 32.2. The first-order valence-corrected chi connectivity index (χ1v) is 8.89. The van der Waals surface area contributed by atoms with E-state index in [4.69, 9.17) is 0 Å². The largest absolute Gasteiger partial charge is 0.314 e. The van der Waals surface area contributed by atoms with Crippen LogP contribution < -0.4 is 10.0 Å². The molecule has 5 heteroatoms. The molecule has 0 aromatic carbocycles. The van der Waals surface area contributed by atoms with Gasteiger partial charge in [-0.05, 0) is 51.5 Å². The van der Waals surface area contributed by atoms with Crippen molar-refractivity contribution in [3.63, 3.8) is 0 Å². The zero-order valence-electron chi connectivity index (χ0n) is 13.0. The van der Waals surface area contributed by atoms with Gasteiger partial charge in [0.15, 0.2) is 0 Å². The van der Waals surface area contributed by atoms with E-state index in [9.17, 15) is 8.42 Å². The highest BCUT2D eigenvalue weighted by Crippen LogP contribution is 2.27. The van der Waals surface area contributed by atoms with Gasteiger partial charge >= 0.3 is 0 Å². The van der Waals surface area contributed by atoms with Crippen LogP contribution in [0.3, 0.4) is 0 Å². The van der Waals surface area contributed by atoms with Crippen LogP contribution in [0.5, 0.6) is 0 Å². The fourth-order valence-corrected chi connectivity index (χ4v) is 4.23. The van der Waals surface area contributed by atoms with Crippen molar-refractivity contribution < 1.29 is 8.42 Å². The summed E-state index contributed by atoms with van der Waals surface area (Å²) in [5.74, 6) is 0.209. The molecule has 2 N–H and O–H groups in total. The van der Waals surface area contributed by atoms with E-state index in [0.29, 0.717) is 12.5 Å². The molecule has 4 nitrogen and oxygen atoms in total. The summed E-state index contributed by atoms with van der Waals surface area (Å²) in [7, 11) is -3.18. The Morgan fingerprint density at radius 1 is 1.11 bits per heavy atom. The average Bonchev–Trinajstić information content (AvgIpc) is 2.89. The third-order valence-electron chi connectivity index (χ3n) is 3.00. The highest BCUT2D eigenvalue weighted by molar-refractivity contribution is 7.89. The van der Waals surface area contributed by atoms with Crippen LogP contribution in [-0.4, -0.2) is 32.3 Å². The summed E-state index contributed by atoms with van der Waals surface area (Å²) >= 11 is 0. The lowest BCUT2D eigenvalue weighted by Crippen LogP contribution is -2.46. The maximum absolute atomic E-state index is 12.1. The van der Waals surface area contributed by atoms with Crippen molar-refractivity contribution in [1.82, 2.24) is 10.0 Å². The summed E-state index contributed by atoms with van der Waals surface area (Å²) in [6.45, 7) is 11.1. The van der Waals surface area contributed by atoms with Gasteiger partial charge in [-0.3, -0.25) is 0 Å². The number of sulfonamides is 1. The molecule has 0 aliphatic heterocycles. The average molecular weight is 290 g/mol. The van der Waals surface area contributed by atoms with E-state index in [1.807, 2.05) is 13.8 Å². The van der Waals surface area contributed by atoms with Crippen molar-refractivity contribution in [2.24, 2.45) is 5.41 Å². The second-order valence-corrected chi connectivity index (χ2v) is 9.47. The molecule has 1 aliphatic rings. The first-order valence-electron chi connectivity index (χ1n) is 7.24. The Hall–Kier alpha value is -0.130.